The first kappa shape index (κ1) is 28.7. The van der Waals surface area contributed by atoms with Crippen LogP contribution in [0.25, 0.3) is 10.4 Å². The summed E-state index contributed by atoms with van der Waals surface area (Å²) >= 11 is 0.707. The molecule has 0 unspecified atom stereocenters. The van der Waals surface area contributed by atoms with Gasteiger partial charge in [0.15, 0.2) is 5.01 Å². The molecule has 1 atom stereocenters. The lowest BCUT2D eigenvalue weighted by molar-refractivity contribution is 0.0118. The third-order valence-electron chi connectivity index (χ3n) is 7.48. The number of nitrogens with zero attached hydrogens (tertiary/aromatic N) is 3. The van der Waals surface area contributed by atoms with E-state index >= 15 is 0 Å². The molecule has 5 rings (SSSR count). The van der Waals surface area contributed by atoms with Crippen LogP contribution in [0.3, 0.4) is 0 Å². The van der Waals surface area contributed by atoms with E-state index in [0.29, 0.717) is 29.0 Å². The summed E-state index contributed by atoms with van der Waals surface area (Å²) in [6, 6.07) is 0.617. The van der Waals surface area contributed by atoms with Crippen LogP contribution < -0.4 is 10.6 Å². The van der Waals surface area contributed by atoms with Gasteiger partial charge in [-0.05, 0) is 64.4 Å². The number of anilines is 1. The van der Waals surface area contributed by atoms with Crippen LogP contribution in [-0.4, -0.2) is 68.5 Å². The van der Waals surface area contributed by atoms with Crippen molar-refractivity contribution in [3.8, 4) is 10.4 Å². The Hall–Kier alpha value is -2.80. The number of halogens is 4. The Kier molecular flexibility index (Phi) is 7.58. The minimum atomic E-state index is -3.10. The number of amides is 2. The number of alkyl halides is 4. The summed E-state index contributed by atoms with van der Waals surface area (Å²) in [5.41, 5.74) is -2.08. The summed E-state index contributed by atoms with van der Waals surface area (Å²) in [6.45, 7) is 3.48. The molecular formula is C27H33F4N5O3S. The van der Waals surface area contributed by atoms with Crippen molar-refractivity contribution in [1.82, 2.24) is 20.2 Å². The fourth-order valence-corrected chi connectivity index (χ4v) is 6.16. The first-order valence-electron chi connectivity index (χ1n) is 13.5. The lowest BCUT2D eigenvalue weighted by atomic mass is 10.1. The number of pyridine rings is 1. The summed E-state index contributed by atoms with van der Waals surface area (Å²) < 4.78 is 57.1. The average molecular weight is 584 g/mol. The highest BCUT2D eigenvalue weighted by molar-refractivity contribution is 7.17. The van der Waals surface area contributed by atoms with Gasteiger partial charge in [0, 0.05) is 42.4 Å². The van der Waals surface area contributed by atoms with Crippen LogP contribution in [-0.2, 0) is 0 Å². The molecule has 0 bridgehead atoms. The van der Waals surface area contributed by atoms with Gasteiger partial charge < -0.3 is 20.6 Å². The van der Waals surface area contributed by atoms with Crippen molar-refractivity contribution < 1.29 is 32.3 Å². The van der Waals surface area contributed by atoms with Gasteiger partial charge in [0.25, 0.3) is 24.2 Å². The normalized spacial score (nSPS) is 20.9. The van der Waals surface area contributed by atoms with Crippen LogP contribution in [0.4, 0.5) is 23.4 Å². The highest BCUT2D eigenvalue weighted by atomic mass is 32.1. The van der Waals surface area contributed by atoms with Gasteiger partial charge in [-0.3, -0.25) is 9.59 Å². The van der Waals surface area contributed by atoms with E-state index in [2.05, 4.69) is 20.6 Å². The number of hydrogen-bond acceptors (Lipinski definition) is 7. The molecule has 1 saturated heterocycles. The Morgan fingerprint density at radius 2 is 1.88 bits per heavy atom. The third kappa shape index (κ3) is 6.40. The van der Waals surface area contributed by atoms with Crippen LogP contribution in [0.1, 0.15) is 85.2 Å². The van der Waals surface area contributed by atoms with Crippen LogP contribution in [0.15, 0.2) is 12.3 Å². The molecule has 3 fully saturated rings. The second-order valence-electron chi connectivity index (χ2n) is 11.8. The third-order valence-corrected chi connectivity index (χ3v) is 8.57. The molecular weight excluding hydrogens is 550 g/mol. The number of carbonyl (C=O) groups is 2. The van der Waals surface area contributed by atoms with Crippen molar-refractivity contribution in [3.05, 3.63) is 28.5 Å². The summed E-state index contributed by atoms with van der Waals surface area (Å²) in [5.74, 6) is -3.39. The molecule has 3 heterocycles. The molecule has 3 N–H and O–H groups in total. The van der Waals surface area contributed by atoms with Crippen LogP contribution >= 0.6 is 11.3 Å². The van der Waals surface area contributed by atoms with Crippen LogP contribution in [0, 0.1) is 11.8 Å². The van der Waals surface area contributed by atoms with Gasteiger partial charge in [-0.25, -0.2) is 27.5 Å². The van der Waals surface area contributed by atoms with Crippen LogP contribution in [0.2, 0.25) is 0 Å². The molecule has 13 heteroatoms. The minimum absolute atomic E-state index is 0.0453. The van der Waals surface area contributed by atoms with E-state index in [1.807, 2.05) is 0 Å². The highest BCUT2D eigenvalue weighted by Gasteiger charge is 2.46. The molecule has 0 radical (unpaired) electrons. The van der Waals surface area contributed by atoms with Crippen molar-refractivity contribution in [2.24, 2.45) is 11.8 Å². The van der Waals surface area contributed by atoms with Gasteiger partial charge in [0.05, 0.1) is 17.0 Å². The molecule has 218 valence electrons. The van der Waals surface area contributed by atoms with E-state index in [9.17, 15) is 32.3 Å². The van der Waals surface area contributed by atoms with Crippen molar-refractivity contribution in [1.29, 1.82) is 0 Å². The molecule has 1 aliphatic heterocycles. The number of thiazole rings is 1. The number of nitrogens with one attached hydrogen (secondary N) is 2. The number of aliphatic hydroxyl groups is 1. The zero-order valence-electron chi connectivity index (χ0n) is 22.5. The zero-order chi connectivity index (χ0) is 29.0. The molecule has 2 amide bonds. The van der Waals surface area contributed by atoms with E-state index in [0.717, 1.165) is 30.6 Å². The van der Waals surface area contributed by atoms with Gasteiger partial charge in [-0.1, -0.05) is 0 Å². The first-order valence-corrected chi connectivity index (χ1v) is 14.3. The predicted molar refractivity (Wildman–Crippen MR) is 142 cm³/mol. The predicted octanol–water partition coefficient (Wildman–Crippen LogP) is 5.11. The largest absolute Gasteiger partial charge is 0.389 e. The fourth-order valence-electron chi connectivity index (χ4n) is 5.16. The Bertz CT molecular complexity index is 1280. The maximum absolute atomic E-state index is 14.4. The molecule has 40 heavy (non-hydrogen) atoms. The molecule has 3 aliphatic rings. The van der Waals surface area contributed by atoms with Crippen molar-refractivity contribution in [3.63, 3.8) is 0 Å². The Morgan fingerprint density at radius 1 is 1.23 bits per heavy atom. The van der Waals surface area contributed by atoms with E-state index < -0.39 is 54.3 Å². The molecule has 0 spiro atoms. The van der Waals surface area contributed by atoms with Gasteiger partial charge >= 0.3 is 0 Å². The number of aromatic nitrogens is 2. The van der Waals surface area contributed by atoms with Gasteiger partial charge in [0.1, 0.15) is 11.5 Å². The zero-order valence-corrected chi connectivity index (χ0v) is 23.3. The Labute approximate surface area is 233 Å². The quantitative estimate of drug-likeness (QED) is 0.336. The number of rotatable bonds is 10. The molecule has 8 nitrogen and oxygen atoms in total. The van der Waals surface area contributed by atoms with Gasteiger partial charge in [0.2, 0.25) is 0 Å². The Balaban J connectivity index is 1.51. The van der Waals surface area contributed by atoms with Gasteiger partial charge in [-0.15, -0.1) is 11.3 Å². The topological polar surface area (TPSA) is 107 Å². The first-order chi connectivity index (χ1) is 18.7. The molecule has 2 aromatic rings. The minimum Gasteiger partial charge on any atom is -0.389 e. The lowest BCUT2D eigenvalue weighted by Gasteiger charge is -2.21. The summed E-state index contributed by atoms with van der Waals surface area (Å²) in [7, 11) is 0. The second kappa shape index (κ2) is 10.6. The SMILES string of the molecule is C[C@H]1CC(F)(F)CN1C(=O)c1nc(C(=O)NCC(C)(C)O)sc1-c1cnc(NC(C2CC2)C2CC2)cc1C(F)F. The molecule has 2 aromatic heterocycles. The van der Waals surface area contributed by atoms with E-state index in [1.165, 1.54) is 33.0 Å². The Morgan fingerprint density at radius 3 is 2.40 bits per heavy atom. The van der Waals surface area contributed by atoms with Crippen LogP contribution in [0.5, 0.6) is 0 Å². The standard InChI is InChI=1S/C27H33F4N5O3S/c1-13-9-27(30,31)12-36(13)25(38)20-21(40-24(35-20)23(37)33-11-26(2,3)39)17-10-32-18(8-16(17)22(28)29)34-19(14-4-5-14)15-6-7-15/h8,10,13-15,19,22,39H,4-7,9,11-12H2,1-3H3,(H,32,34)(H,33,37)/t13-/m0/s1. The van der Waals surface area contributed by atoms with Crippen molar-refractivity contribution >= 4 is 29.0 Å². The maximum atomic E-state index is 14.4. The van der Waals surface area contributed by atoms with E-state index in [4.69, 9.17) is 0 Å². The average Bonchev–Trinajstić information content (AvgIpc) is 3.80. The van der Waals surface area contributed by atoms with E-state index in [1.54, 1.807) is 0 Å². The summed E-state index contributed by atoms with van der Waals surface area (Å²) in [4.78, 5) is 35.8. The smallest absolute Gasteiger partial charge is 0.280 e. The number of likely N-dealkylation sites (tertiary alicyclic amines) is 1. The molecule has 0 aromatic carbocycles. The van der Waals surface area contributed by atoms with Crippen molar-refractivity contribution in [2.75, 3.05) is 18.4 Å². The fraction of sp³-hybridized carbons (Fsp3) is 0.630. The van der Waals surface area contributed by atoms with Crippen molar-refractivity contribution in [2.45, 2.75) is 82.9 Å². The maximum Gasteiger partial charge on any atom is 0.280 e. The lowest BCUT2D eigenvalue weighted by Crippen LogP contribution is -2.38. The summed E-state index contributed by atoms with van der Waals surface area (Å²) in [6.07, 6.45) is 2.11. The number of carbonyl (C=O) groups excluding carboxylic acids is 2. The highest BCUT2D eigenvalue weighted by Crippen LogP contribution is 2.46. The summed E-state index contributed by atoms with van der Waals surface area (Å²) in [5, 5.41) is 15.6. The molecule has 2 saturated carbocycles. The number of hydrogen-bond donors (Lipinski definition) is 3. The second-order valence-corrected chi connectivity index (χ2v) is 12.8. The molecule has 2 aliphatic carbocycles. The van der Waals surface area contributed by atoms with E-state index in [-0.39, 0.29) is 33.7 Å². The van der Waals surface area contributed by atoms with Gasteiger partial charge in [-0.2, -0.15) is 0 Å². The monoisotopic (exact) mass is 583 g/mol.